The van der Waals surface area contributed by atoms with Gasteiger partial charge in [-0.25, -0.2) is 4.98 Å². The van der Waals surface area contributed by atoms with E-state index in [1.165, 1.54) is 5.56 Å². The number of hydrogen-bond donors (Lipinski definition) is 1. The molecule has 5 nitrogen and oxygen atoms in total. The van der Waals surface area contributed by atoms with Gasteiger partial charge in [0, 0.05) is 38.3 Å². The lowest BCUT2D eigenvalue weighted by atomic mass is 10.1. The Hall–Kier alpha value is -3.18. The first-order chi connectivity index (χ1) is 14.2. The van der Waals surface area contributed by atoms with Gasteiger partial charge in [0.05, 0.1) is 11.9 Å². The molecule has 29 heavy (non-hydrogen) atoms. The van der Waals surface area contributed by atoms with Gasteiger partial charge in [0.25, 0.3) is 5.91 Å². The van der Waals surface area contributed by atoms with E-state index in [1.807, 2.05) is 49.5 Å². The second-order valence-corrected chi connectivity index (χ2v) is 7.47. The zero-order valence-electron chi connectivity index (χ0n) is 16.7. The summed E-state index contributed by atoms with van der Waals surface area (Å²) in [4.78, 5) is 21.6. The van der Waals surface area contributed by atoms with Crippen molar-refractivity contribution < 1.29 is 4.79 Å². The lowest BCUT2D eigenvalue weighted by molar-refractivity contribution is 0.102. The lowest BCUT2D eigenvalue weighted by Gasteiger charge is -2.36. The summed E-state index contributed by atoms with van der Waals surface area (Å²) in [6.07, 6.45) is 1.84. The topological polar surface area (TPSA) is 48.5 Å². The van der Waals surface area contributed by atoms with Crippen LogP contribution in [0.4, 0.5) is 11.5 Å². The minimum Gasteiger partial charge on any atom is -0.368 e. The molecule has 1 aliphatic heterocycles. The van der Waals surface area contributed by atoms with Crippen molar-refractivity contribution >= 4 is 17.4 Å². The summed E-state index contributed by atoms with van der Waals surface area (Å²) in [5.41, 5.74) is 4.22. The normalized spacial score (nSPS) is 14.6. The first-order valence-corrected chi connectivity index (χ1v) is 10.0. The van der Waals surface area contributed by atoms with Gasteiger partial charge >= 0.3 is 0 Å². The van der Waals surface area contributed by atoms with Gasteiger partial charge in [0.1, 0.15) is 5.82 Å². The molecule has 1 N–H and O–H groups in total. The Morgan fingerprint density at radius 2 is 1.66 bits per heavy atom. The van der Waals surface area contributed by atoms with Crippen molar-refractivity contribution in [3.63, 3.8) is 0 Å². The number of carbonyl (C=O) groups is 1. The van der Waals surface area contributed by atoms with Crippen LogP contribution >= 0.6 is 0 Å². The molecule has 1 aromatic heterocycles. The number of pyridine rings is 1. The number of anilines is 2. The quantitative estimate of drug-likeness (QED) is 0.721. The predicted octanol–water partition coefficient (Wildman–Crippen LogP) is 3.96. The number of aromatic nitrogens is 1. The molecule has 0 spiro atoms. The summed E-state index contributed by atoms with van der Waals surface area (Å²) in [5, 5.41) is 2.87. The molecule has 0 aliphatic carbocycles. The molecule has 1 amide bonds. The van der Waals surface area contributed by atoms with E-state index in [0.717, 1.165) is 44.0 Å². The van der Waals surface area contributed by atoms with Crippen LogP contribution < -0.4 is 10.2 Å². The van der Waals surface area contributed by atoms with Crippen LogP contribution in [0.3, 0.4) is 0 Å². The Labute approximate surface area is 172 Å². The van der Waals surface area contributed by atoms with Crippen LogP contribution in [0.2, 0.25) is 0 Å². The van der Waals surface area contributed by atoms with Crippen LogP contribution in [0, 0.1) is 6.92 Å². The number of hydrogen-bond acceptors (Lipinski definition) is 4. The third-order valence-electron chi connectivity index (χ3n) is 5.29. The van der Waals surface area contributed by atoms with E-state index in [9.17, 15) is 4.79 Å². The number of piperazine rings is 1. The molecule has 0 atom stereocenters. The third-order valence-corrected chi connectivity index (χ3v) is 5.29. The highest BCUT2D eigenvalue weighted by atomic mass is 16.1. The summed E-state index contributed by atoms with van der Waals surface area (Å²) >= 11 is 0. The van der Waals surface area contributed by atoms with E-state index in [-0.39, 0.29) is 5.91 Å². The number of amides is 1. The van der Waals surface area contributed by atoms with Crippen molar-refractivity contribution in [1.82, 2.24) is 9.88 Å². The van der Waals surface area contributed by atoms with Crippen molar-refractivity contribution in [2.75, 3.05) is 36.4 Å². The van der Waals surface area contributed by atoms with Crippen molar-refractivity contribution in [2.24, 2.45) is 0 Å². The molecule has 2 heterocycles. The van der Waals surface area contributed by atoms with E-state index in [2.05, 4.69) is 50.4 Å². The molecule has 1 aliphatic rings. The van der Waals surface area contributed by atoms with E-state index < -0.39 is 0 Å². The SMILES string of the molecule is Cc1ccc(C(=O)Nc2ccc(N3CCN(Cc4ccccc4)CC3)cn2)cc1. The van der Waals surface area contributed by atoms with Crippen LogP contribution in [-0.4, -0.2) is 42.0 Å². The lowest BCUT2D eigenvalue weighted by Crippen LogP contribution is -2.46. The predicted molar refractivity (Wildman–Crippen MR) is 117 cm³/mol. The molecule has 0 radical (unpaired) electrons. The second kappa shape index (κ2) is 8.88. The molecule has 1 saturated heterocycles. The number of rotatable bonds is 5. The molecule has 0 bridgehead atoms. The minimum absolute atomic E-state index is 0.139. The molecular formula is C24H26N4O. The summed E-state index contributed by atoms with van der Waals surface area (Å²) in [5.74, 6) is 0.432. The number of nitrogens with one attached hydrogen (secondary N) is 1. The fourth-order valence-electron chi connectivity index (χ4n) is 3.55. The van der Waals surface area contributed by atoms with Crippen LogP contribution in [-0.2, 0) is 6.54 Å². The Bertz CT molecular complexity index is 931. The summed E-state index contributed by atoms with van der Waals surface area (Å²) in [6, 6.07) is 22.0. The minimum atomic E-state index is -0.139. The van der Waals surface area contributed by atoms with Gasteiger partial charge in [-0.05, 0) is 36.8 Å². The molecule has 3 aromatic rings. The van der Waals surface area contributed by atoms with E-state index in [0.29, 0.717) is 11.4 Å². The third kappa shape index (κ3) is 5.00. The average Bonchev–Trinajstić information content (AvgIpc) is 2.76. The van der Waals surface area contributed by atoms with Gasteiger partial charge in [-0.1, -0.05) is 48.0 Å². The Kier molecular flexibility index (Phi) is 5.86. The average molecular weight is 386 g/mol. The zero-order chi connectivity index (χ0) is 20.1. The number of carbonyl (C=O) groups excluding carboxylic acids is 1. The van der Waals surface area contributed by atoms with Gasteiger partial charge in [-0.3, -0.25) is 9.69 Å². The van der Waals surface area contributed by atoms with Gasteiger partial charge < -0.3 is 10.2 Å². The molecule has 0 unspecified atom stereocenters. The number of aryl methyl sites for hydroxylation is 1. The van der Waals surface area contributed by atoms with E-state index >= 15 is 0 Å². The van der Waals surface area contributed by atoms with Crippen LogP contribution in [0.15, 0.2) is 72.9 Å². The summed E-state index contributed by atoms with van der Waals surface area (Å²) in [6.45, 7) is 7.01. The molecule has 0 saturated carbocycles. The fraction of sp³-hybridized carbons (Fsp3) is 0.250. The maximum absolute atomic E-state index is 12.3. The van der Waals surface area contributed by atoms with E-state index in [4.69, 9.17) is 0 Å². The smallest absolute Gasteiger partial charge is 0.256 e. The highest BCUT2D eigenvalue weighted by Crippen LogP contribution is 2.18. The van der Waals surface area contributed by atoms with Gasteiger partial charge in [-0.15, -0.1) is 0 Å². The van der Waals surface area contributed by atoms with Crippen LogP contribution in [0.5, 0.6) is 0 Å². The monoisotopic (exact) mass is 386 g/mol. The number of nitrogens with zero attached hydrogens (tertiary/aromatic N) is 3. The first kappa shape index (κ1) is 19.2. The maximum atomic E-state index is 12.3. The fourth-order valence-corrected chi connectivity index (χ4v) is 3.55. The molecular weight excluding hydrogens is 360 g/mol. The van der Waals surface area contributed by atoms with Crippen LogP contribution in [0.1, 0.15) is 21.5 Å². The standard InChI is InChI=1S/C24H26N4O/c1-19-7-9-21(10-8-19)24(29)26-23-12-11-22(17-25-23)28-15-13-27(14-16-28)18-20-5-3-2-4-6-20/h2-12,17H,13-16,18H2,1H3,(H,25,26,29). The Morgan fingerprint density at radius 1 is 0.931 bits per heavy atom. The number of benzene rings is 2. The van der Waals surface area contributed by atoms with E-state index in [1.54, 1.807) is 0 Å². The highest BCUT2D eigenvalue weighted by molar-refractivity contribution is 6.03. The maximum Gasteiger partial charge on any atom is 0.256 e. The molecule has 4 rings (SSSR count). The van der Waals surface area contributed by atoms with Crippen molar-refractivity contribution in [2.45, 2.75) is 13.5 Å². The molecule has 2 aromatic carbocycles. The second-order valence-electron chi connectivity index (χ2n) is 7.47. The first-order valence-electron chi connectivity index (χ1n) is 10.0. The van der Waals surface area contributed by atoms with Crippen molar-refractivity contribution in [3.8, 4) is 0 Å². The van der Waals surface area contributed by atoms with Crippen molar-refractivity contribution in [1.29, 1.82) is 0 Å². The Balaban J connectivity index is 1.30. The van der Waals surface area contributed by atoms with Gasteiger partial charge in [0.15, 0.2) is 0 Å². The van der Waals surface area contributed by atoms with Crippen LogP contribution in [0.25, 0.3) is 0 Å². The molecule has 1 fully saturated rings. The summed E-state index contributed by atoms with van der Waals surface area (Å²) in [7, 11) is 0. The molecule has 148 valence electrons. The van der Waals surface area contributed by atoms with Gasteiger partial charge in [0.2, 0.25) is 0 Å². The van der Waals surface area contributed by atoms with Crippen molar-refractivity contribution in [3.05, 3.63) is 89.6 Å². The zero-order valence-corrected chi connectivity index (χ0v) is 16.7. The summed E-state index contributed by atoms with van der Waals surface area (Å²) < 4.78 is 0. The Morgan fingerprint density at radius 3 is 2.31 bits per heavy atom. The highest BCUT2D eigenvalue weighted by Gasteiger charge is 2.17. The largest absolute Gasteiger partial charge is 0.368 e. The van der Waals surface area contributed by atoms with Gasteiger partial charge in [-0.2, -0.15) is 0 Å². The molecule has 5 heteroatoms.